The fraction of sp³-hybridized carbons (Fsp3) is 0. The molecule has 0 aliphatic carbocycles. The number of diazo groups is 2. The molecule has 0 bridgehead atoms. The number of nitrogens with zero attached hydrogens (tertiary/aromatic N) is 4. The van der Waals surface area contributed by atoms with Crippen molar-refractivity contribution in [3.8, 4) is 0 Å². The van der Waals surface area contributed by atoms with Crippen LogP contribution < -0.4 is 0 Å². The van der Waals surface area contributed by atoms with Crippen LogP contribution >= 0.6 is 0 Å². The second-order valence-corrected chi connectivity index (χ2v) is 1.69. The first-order valence-electron chi connectivity index (χ1n) is 2.67. The Labute approximate surface area is 57.4 Å². The van der Waals surface area contributed by atoms with E-state index in [4.69, 9.17) is 10.8 Å². The molecule has 0 N–H and O–H groups in total. The van der Waals surface area contributed by atoms with Crippen LogP contribution in [0, 0.1) is 10.8 Å². The Kier molecular flexibility index (Phi) is 1.58. The van der Waals surface area contributed by atoms with Crippen molar-refractivity contribution in [3.05, 3.63) is 34.2 Å². The molecule has 10 heavy (non-hydrogen) atoms. The lowest BCUT2D eigenvalue weighted by Gasteiger charge is -1.68. The molecule has 1 aromatic rings. The van der Waals surface area contributed by atoms with Crippen LogP contribution in [0.15, 0.2) is 24.3 Å². The minimum atomic E-state index is 0.255. The highest BCUT2D eigenvalue weighted by Gasteiger charge is 2.22. The number of hydrogen-bond donors (Lipinski definition) is 0. The first kappa shape index (κ1) is 6.18. The van der Waals surface area contributed by atoms with Gasteiger partial charge in [0.1, 0.15) is 0 Å². The molecule has 0 amide bonds. The minimum Gasteiger partial charge on any atom is -0.0536 e. The fourth-order valence-corrected chi connectivity index (χ4v) is 0.633. The smallest absolute Gasteiger partial charge is 0.0536 e. The molecule has 0 spiro atoms. The van der Waals surface area contributed by atoms with Gasteiger partial charge in [-0.2, -0.15) is 0 Å². The summed E-state index contributed by atoms with van der Waals surface area (Å²) in [6.45, 7) is 0. The Balaban J connectivity index is 3.28. The van der Waals surface area contributed by atoms with Gasteiger partial charge in [-0.3, -0.25) is 0 Å². The van der Waals surface area contributed by atoms with Gasteiger partial charge in [0.15, 0.2) is 9.95 Å². The molecule has 4 heteroatoms. The molecular weight excluding hydrogens is 128 g/mol. The Hall–Kier alpha value is -1.94. The summed E-state index contributed by atoms with van der Waals surface area (Å²) in [6.07, 6.45) is 0. The third kappa shape index (κ3) is 0.910. The van der Waals surface area contributed by atoms with E-state index in [-0.39, 0.29) is 11.4 Å². The highest BCUT2D eigenvalue weighted by atomic mass is 14.9. The molecule has 46 valence electrons. The Bertz CT molecular complexity index is 284. The van der Waals surface area contributed by atoms with Crippen LogP contribution in [0.25, 0.3) is 9.95 Å². The van der Waals surface area contributed by atoms with Gasteiger partial charge in [0.05, 0.1) is 0 Å². The predicted molar refractivity (Wildman–Crippen MR) is 35.9 cm³/mol. The van der Waals surface area contributed by atoms with Gasteiger partial charge in [-0.1, -0.05) is 12.1 Å². The van der Waals surface area contributed by atoms with Gasteiger partial charge >= 0.3 is 11.4 Å². The lowest BCUT2D eigenvalue weighted by molar-refractivity contribution is 1.44. The Morgan fingerprint density at radius 1 is 0.900 bits per heavy atom. The maximum atomic E-state index is 8.30. The predicted octanol–water partition coefficient (Wildman–Crippen LogP) is 2.66. The largest absolute Gasteiger partial charge is 0.478 e. The van der Waals surface area contributed by atoms with E-state index < -0.39 is 0 Å². The van der Waals surface area contributed by atoms with E-state index in [1.807, 2.05) is 0 Å². The van der Waals surface area contributed by atoms with E-state index in [1.165, 1.54) is 12.1 Å². The van der Waals surface area contributed by atoms with Crippen LogP contribution in [-0.2, 0) is 0 Å². The number of hydrogen-bond acceptors (Lipinski definition) is 2. The van der Waals surface area contributed by atoms with Crippen molar-refractivity contribution in [1.29, 1.82) is 10.8 Å². The Morgan fingerprint density at radius 2 is 1.30 bits per heavy atom. The molecule has 0 aliphatic heterocycles. The molecule has 0 aromatic heterocycles. The summed E-state index contributed by atoms with van der Waals surface area (Å²) in [5, 5.41) is 16.6. The molecule has 0 aliphatic rings. The average Bonchev–Trinajstić information content (AvgIpc) is 2.04. The van der Waals surface area contributed by atoms with Crippen molar-refractivity contribution < 1.29 is 0 Å². The molecule has 0 radical (unpaired) electrons. The van der Waals surface area contributed by atoms with Crippen molar-refractivity contribution in [3.63, 3.8) is 0 Å². The summed E-state index contributed by atoms with van der Waals surface area (Å²) in [5.74, 6) is 0. The standard InChI is InChI=1S/C6H4N4/c7-9-5-3-1-2-4-6(5)10-8/h1-4H/q+2. The second-order valence-electron chi connectivity index (χ2n) is 1.69. The van der Waals surface area contributed by atoms with E-state index in [9.17, 15) is 0 Å². The van der Waals surface area contributed by atoms with Crippen LogP contribution in [-0.4, -0.2) is 0 Å². The monoisotopic (exact) mass is 132 g/mol. The third-order valence-electron chi connectivity index (χ3n) is 1.10. The summed E-state index contributed by atoms with van der Waals surface area (Å²) < 4.78 is 0. The van der Waals surface area contributed by atoms with Crippen molar-refractivity contribution in [2.75, 3.05) is 0 Å². The van der Waals surface area contributed by atoms with Crippen molar-refractivity contribution in [1.82, 2.24) is 0 Å². The van der Waals surface area contributed by atoms with Gasteiger partial charge in [0.25, 0.3) is 0 Å². The number of rotatable bonds is 0. The quantitative estimate of drug-likeness (QED) is 0.509. The molecule has 0 saturated heterocycles. The molecule has 0 unspecified atom stereocenters. The minimum absolute atomic E-state index is 0.255. The SMILES string of the molecule is N#[N+]c1ccccc1[N+]#N. The van der Waals surface area contributed by atoms with Gasteiger partial charge < -0.3 is 0 Å². The zero-order valence-electron chi connectivity index (χ0n) is 5.10. The first-order chi connectivity index (χ1) is 4.88. The van der Waals surface area contributed by atoms with Gasteiger partial charge in [-0.15, -0.1) is 0 Å². The second kappa shape index (κ2) is 2.56. The summed E-state index contributed by atoms with van der Waals surface area (Å²) in [5.41, 5.74) is 0.509. The maximum Gasteiger partial charge on any atom is 0.478 e. The van der Waals surface area contributed by atoms with Crippen LogP contribution in [0.2, 0.25) is 0 Å². The normalized spacial score (nSPS) is 7.80. The number of benzene rings is 1. The molecule has 1 rings (SSSR count). The molecule has 4 nitrogen and oxygen atoms in total. The summed E-state index contributed by atoms with van der Waals surface area (Å²) >= 11 is 0. The molecule has 0 saturated carbocycles. The van der Waals surface area contributed by atoms with Crippen LogP contribution in [0.1, 0.15) is 0 Å². The Morgan fingerprint density at radius 3 is 1.60 bits per heavy atom. The first-order valence-corrected chi connectivity index (χ1v) is 2.67. The zero-order chi connectivity index (χ0) is 7.40. The van der Waals surface area contributed by atoms with Gasteiger partial charge in [-0.25, -0.2) is 0 Å². The van der Waals surface area contributed by atoms with Gasteiger partial charge in [0.2, 0.25) is 10.8 Å². The highest BCUT2D eigenvalue weighted by molar-refractivity contribution is 5.69. The third-order valence-corrected chi connectivity index (χ3v) is 1.10. The molecule has 0 atom stereocenters. The van der Waals surface area contributed by atoms with Gasteiger partial charge in [0, 0.05) is 12.1 Å². The summed E-state index contributed by atoms with van der Waals surface area (Å²) in [4.78, 5) is 5.78. The lowest BCUT2D eigenvalue weighted by Crippen LogP contribution is -1.59. The average molecular weight is 132 g/mol. The molecule has 0 fully saturated rings. The van der Waals surface area contributed by atoms with E-state index in [1.54, 1.807) is 12.1 Å². The summed E-state index contributed by atoms with van der Waals surface area (Å²) in [6, 6.07) is 6.44. The van der Waals surface area contributed by atoms with Crippen LogP contribution in [0.4, 0.5) is 11.4 Å². The lowest BCUT2D eigenvalue weighted by atomic mass is 10.3. The van der Waals surface area contributed by atoms with Crippen molar-refractivity contribution >= 4 is 11.4 Å². The van der Waals surface area contributed by atoms with E-state index in [2.05, 4.69) is 9.95 Å². The topological polar surface area (TPSA) is 56.3 Å². The summed E-state index contributed by atoms with van der Waals surface area (Å²) in [7, 11) is 0. The van der Waals surface area contributed by atoms with E-state index in [0.717, 1.165) is 0 Å². The zero-order valence-corrected chi connectivity index (χ0v) is 5.10. The molecule has 0 heterocycles. The van der Waals surface area contributed by atoms with Gasteiger partial charge in [-0.05, 0) is 0 Å². The molecular formula is C6H4N4+2. The van der Waals surface area contributed by atoms with E-state index in [0.29, 0.717) is 0 Å². The molecule has 1 aromatic carbocycles. The highest BCUT2D eigenvalue weighted by Crippen LogP contribution is 2.26. The van der Waals surface area contributed by atoms with E-state index >= 15 is 0 Å². The fourth-order valence-electron chi connectivity index (χ4n) is 0.633. The van der Waals surface area contributed by atoms with Crippen molar-refractivity contribution in [2.45, 2.75) is 0 Å². The van der Waals surface area contributed by atoms with Crippen LogP contribution in [0.5, 0.6) is 0 Å². The van der Waals surface area contributed by atoms with Crippen molar-refractivity contribution in [2.24, 2.45) is 0 Å². The maximum absolute atomic E-state index is 8.30. The van der Waals surface area contributed by atoms with Crippen LogP contribution in [0.3, 0.4) is 0 Å².